The molecule has 1 aromatic heterocycles. The van der Waals surface area contributed by atoms with E-state index in [0.29, 0.717) is 22.4 Å². The molecule has 1 aromatic carbocycles. The fourth-order valence-electron chi connectivity index (χ4n) is 1.41. The van der Waals surface area contributed by atoms with Crippen LogP contribution in [0.4, 0.5) is 0 Å². The smallest absolute Gasteiger partial charge is 0.148 e. The lowest BCUT2D eigenvalue weighted by molar-refractivity contribution is 0.476. The van der Waals surface area contributed by atoms with Crippen molar-refractivity contribution in [3.8, 4) is 11.5 Å². The maximum absolute atomic E-state index is 6.11. The Morgan fingerprint density at radius 2 is 2.06 bits per heavy atom. The number of hydrogen-bond donors (Lipinski definition) is 0. The largest absolute Gasteiger partial charge is 0.454 e. The molecule has 0 aliphatic rings. The predicted molar refractivity (Wildman–Crippen MR) is 70.1 cm³/mol. The van der Waals surface area contributed by atoms with Crippen LogP contribution in [0.25, 0.3) is 0 Å². The van der Waals surface area contributed by atoms with Crippen molar-refractivity contribution in [1.82, 2.24) is 4.98 Å². The summed E-state index contributed by atoms with van der Waals surface area (Å²) in [5.41, 5.74) is 1.79. The highest BCUT2D eigenvalue weighted by Crippen LogP contribution is 2.31. The molecule has 0 aliphatic heterocycles. The van der Waals surface area contributed by atoms with Crippen LogP contribution in [0.2, 0.25) is 5.02 Å². The fourth-order valence-corrected chi connectivity index (χ4v) is 1.81. The van der Waals surface area contributed by atoms with Crippen molar-refractivity contribution < 1.29 is 4.74 Å². The van der Waals surface area contributed by atoms with Crippen molar-refractivity contribution in [3.63, 3.8) is 0 Å². The molecule has 17 heavy (non-hydrogen) atoms. The van der Waals surface area contributed by atoms with Crippen LogP contribution in [-0.4, -0.2) is 4.98 Å². The van der Waals surface area contributed by atoms with E-state index in [-0.39, 0.29) is 0 Å². The summed E-state index contributed by atoms with van der Waals surface area (Å²) in [5, 5.41) is 0.548. The predicted octanol–water partition coefficient (Wildman–Crippen LogP) is 4.57. The molecule has 88 valence electrons. The molecule has 0 saturated carbocycles. The highest BCUT2D eigenvalue weighted by atomic mass is 35.5. The summed E-state index contributed by atoms with van der Waals surface area (Å²) >= 11 is 11.8. The average molecular weight is 268 g/mol. The Kier molecular flexibility index (Phi) is 3.87. The van der Waals surface area contributed by atoms with Gasteiger partial charge in [0.2, 0.25) is 0 Å². The van der Waals surface area contributed by atoms with E-state index in [1.165, 1.54) is 0 Å². The zero-order valence-electron chi connectivity index (χ0n) is 9.28. The molecule has 0 spiro atoms. The molecule has 2 rings (SSSR count). The van der Waals surface area contributed by atoms with Crippen molar-refractivity contribution in [2.75, 3.05) is 0 Å². The summed E-state index contributed by atoms with van der Waals surface area (Å²) < 4.78 is 5.70. The van der Waals surface area contributed by atoms with E-state index >= 15 is 0 Å². The van der Waals surface area contributed by atoms with Gasteiger partial charge in [-0.3, -0.25) is 4.98 Å². The lowest BCUT2D eigenvalue weighted by Gasteiger charge is -2.09. The zero-order valence-corrected chi connectivity index (χ0v) is 10.8. The van der Waals surface area contributed by atoms with Gasteiger partial charge in [0.25, 0.3) is 0 Å². The van der Waals surface area contributed by atoms with E-state index in [9.17, 15) is 0 Å². The Morgan fingerprint density at radius 1 is 1.24 bits per heavy atom. The van der Waals surface area contributed by atoms with Crippen molar-refractivity contribution in [1.29, 1.82) is 0 Å². The highest BCUT2D eigenvalue weighted by Gasteiger charge is 2.06. The number of alkyl halides is 1. The lowest BCUT2D eigenvalue weighted by atomic mass is 10.2. The van der Waals surface area contributed by atoms with Crippen LogP contribution in [0, 0.1) is 6.92 Å². The first-order valence-corrected chi connectivity index (χ1v) is 6.06. The minimum atomic E-state index is 0.436. The van der Waals surface area contributed by atoms with Gasteiger partial charge in [-0.25, -0.2) is 0 Å². The third-order valence-corrected chi connectivity index (χ3v) is 2.93. The molecular formula is C13H11Cl2NO. The topological polar surface area (TPSA) is 22.1 Å². The molecule has 0 fully saturated rings. The molecule has 0 unspecified atom stereocenters. The van der Waals surface area contributed by atoms with Gasteiger partial charge in [-0.1, -0.05) is 17.7 Å². The summed E-state index contributed by atoms with van der Waals surface area (Å²) in [6.45, 7) is 1.89. The quantitative estimate of drug-likeness (QED) is 0.760. The number of halogens is 2. The van der Waals surface area contributed by atoms with Crippen molar-refractivity contribution in [2.24, 2.45) is 0 Å². The second kappa shape index (κ2) is 5.39. The standard InChI is InChI=1S/C13H11Cl2NO/c1-9-12(3-2-6-16-9)17-13-5-4-10(8-14)7-11(13)15/h2-7H,8H2,1H3. The van der Waals surface area contributed by atoms with Gasteiger partial charge in [0.1, 0.15) is 11.5 Å². The van der Waals surface area contributed by atoms with Gasteiger partial charge in [0, 0.05) is 12.1 Å². The van der Waals surface area contributed by atoms with Crippen LogP contribution in [-0.2, 0) is 5.88 Å². The van der Waals surface area contributed by atoms with E-state index in [4.69, 9.17) is 27.9 Å². The molecular weight excluding hydrogens is 257 g/mol. The maximum atomic E-state index is 6.11. The molecule has 0 atom stereocenters. The van der Waals surface area contributed by atoms with Gasteiger partial charge in [-0.05, 0) is 36.8 Å². The summed E-state index contributed by atoms with van der Waals surface area (Å²) in [5.74, 6) is 1.75. The van der Waals surface area contributed by atoms with Crippen LogP contribution in [0.3, 0.4) is 0 Å². The van der Waals surface area contributed by atoms with E-state index in [2.05, 4.69) is 4.98 Å². The molecule has 2 aromatic rings. The van der Waals surface area contributed by atoms with E-state index < -0.39 is 0 Å². The lowest BCUT2D eigenvalue weighted by Crippen LogP contribution is -1.91. The SMILES string of the molecule is Cc1ncccc1Oc1ccc(CCl)cc1Cl. The number of aromatic nitrogens is 1. The van der Waals surface area contributed by atoms with Gasteiger partial charge < -0.3 is 4.74 Å². The van der Waals surface area contributed by atoms with Gasteiger partial charge >= 0.3 is 0 Å². The first-order valence-electron chi connectivity index (χ1n) is 5.14. The number of hydrogen-bond acceptors (Lipinski definition) is 2. The average Bonchev–Trinajstić information content (AvgIpc) is 2.34. The van der Waals surface area contributed by atoms with E-state index in [1.807, 2.05) is 31.2 Å². The van der Waals surface area contributed by atoms with Crippen LogP contribution in [0.15, 0.2) is 36.5 Å². The number of rotatable bonds is 3. The Bertz CT molecular complexity index is 529. The maximum Gasteiger partial charge on any atom is 0.148 e. The third-order valence-electron chi connectivity index (χ3n) is 2.33. The van der Waals surface area contributed by atoms with E-state index in [1.54, 1.807) is 12.3 Å². The third kappa shape index (κ3) is 2.90. The molecule has 0 saturated heterocycles. The van der Waals surface area contributed by atoms with Crippen molar-refractivity contribution >= 4 is 23.2 Å². The Balaban J connectivity index is 2.28. The number of ether oxygens (including phenoxy) is 1. The van der Waals surface area contributed by atoms with Crippen LogP contribution in [0.5, 0.6) is 11.5 Å². The first-order chi connectivity index (χ1) is 8.20. The molecule has 0 amide bonds. The Labute approximate surface area is 110 Å². The fraction of sp³-hybridized carbons (Fsp3) is 0.154. The number of nitrogens with zero attached hydrogens (tertiary/aromatic N) is 1. The summed E-state index contributed by atoms with van der Waals surface area (Å²) in [4.78, 5) is 4.15. The molecule has 2 nitrogen and oxygen atoms in total. The van der Waals surface area contributed by atoms with Gasteiger partial charge in [0.05, 0.1) is 10.7 Å². The summed E-state index contributed by atoms with van der Waals surface area (Å²) in [6, 6.07) is 9.18. The molecule has 0 aliphatic carbocycles. The monoisotopic (exact) mass is 267 g/mol. The molecule has 4 heteroatoms. The normalized spacial score (nSPS) is 10.3. The van der Waals surface area contributed by atoms with Crippen molar-refractivity contribution in [2.45, 2.75) is 12.8 Å². The van der Waals surface area contributed by atoms with Crippen LogP contribution >= 0.6 is 23.2 Å². The zero-order chi connectivity index (χ0) is 12.3. The molecule has 0 radical (unpaired) electrons. The first kappa shape index (κ1) is 12.2. The summed E-state index contributed by atoms with van der Waals surface area (Å²) in [7, 11) is 0. The van der Waals surface area contributed by atoms with Crippen LogP contribution < -0.4 is 4.74 Å². The van der Waals surface area contributed by atoms with Crippen molar-refractivity contribution in [3.05, 3.63) is 52.8 Å². The molecule has 1 heterocycles. The number of pyridine rings is 1. The van der Waals surface area contributed by atoms with Crippen LogP contribution in [0.1, 0.15) is 11.3 Å². The van der Waals surface area contributed by atoms with Gasteiger partial charge in [0.15, 0.2) is 0 Å². The van der Waals surface area contributed by atoms with Gasteiger partial charge in [-0.15, -0.1) is 11.6 Å². The minimum Gasteiger partial charge on any atom is -0.454 e. The second-order valence-electron chi connectivity index (χ2n) is 3.59. The number of aryl methyl sites for hydroxylation is 1. The Morgan fingerprint density at radius 3 is 2.71 bits per heavy atom. The second-order valence-corrected chi connectivity index (χ2v) is 4.26. The summed E-state index contributed by atoms with van der Waals surface area (Å²) in [6.07, 6.45) is 1.72. The molecule has 0 bridgehead atoms. The van der Waals surface area contributed by atoms with E-state index in [0.717, 1.165) is 11.3 Å². The molecule has 0 N–H and O–H groups in total. The highest BCUT2D eigenvalue weighted by molar-refractivity contribution is 6.32. The minimum absolute atomic E-state index is 0.436. The van der Waals surface area contributed by atoms with Gasteiger partial charge in [-0.2, -0.15) is 0 Å². The number of benzene rings is 1. The Hall–Kier alpha value is -1.25.